The number of halogens is 1. The van der Waals surface area contributed by atoms with Crippen LogP contribution in [0.15, 0.2) is 41.8 Å². The molecule has 8 nitrogen and oxygen atoms in total. The number of hydrogen-bond acceptors (Lipinski definition) is 5. The maximum absolute atomic E-state index is 12.7. The van der Waals surface area contributed by atoms with E-state index in [1.54, 1.807) is 16.2 Å². The van der Waals surface area contributed by atoms with Gasteiger partial charge in [-0.25, -0.2) is 8.42 Å². The summed E-state index contributed by atoms with van der Waals surface area (Å²) in [4.78, 5) is 0.116. The molecule has 3 aromatic rings. The number of hydrogen-bond donors (Lipinski definition) is 1. The van der Waals surface area contributed by atoms with Crippen LogP contribution >= 0.6 is 11.6 Å². The highest BCUT2D eigenvalue weighted by Gasteiger charge is 2.22. The van der Waals surface area contributed by atoms with Crippen molar-refractivity contribution in [3.63, 3.8) is 0 Å². The number of anilines is 1. The summed E-state index contributed by atoms with van der Waals surface area (Å²) in [6, 6.07) is 5.95. The van der Waals surface area contributed by atoms with Crippen LogP contribution in [0.25, 0.3) is 5.82 Å². The molecule has 0 spiro atoms. The first kappa shape index (κ1) is 16.5. The van der Waals surface area contributed by atoms with Crippen molar-refractivity contribution in [2.24, 2.45) is 0 Å². The van der Waals surface area contributed by atoms with E-state index in [1.165, 1.54) is 36.9 Å². The number of nitrogens with one attached hydrogen (secondary N) is 1. The topological polar surface area (TPSA) is 94.7 Å². The lowest BCUT2D eigenvalue weighted by molar-refractivity contribution is 0.601. The van der Waals surface area contributed by atoms with Crippen LogP contribution in [-0.4, -0.2) is 33.0 Å². The summed E-state index contributed by atoms with van der Waals surface area (Å²) in [5.74, 6) is 0.414. The molecular weight excluding hydrogens is 352 g/mol. The van der Waals surface area contributed by atoms with Crippen LogP contribution < -0.4 is 4.72 Å². The van der Waals surface area contributed by atoms with Crippen molar-refractivity contribution in [2.45, 2.75) is 25.3 Å². The molecule has 10 heteroatoms. The Hall–Kier alpha value is -2.39. The van der Waals surface area contributed by atoms with E-state index < -0.39 is 10.0 Å². The maximum atomic E-state index is 12.7. The normalized spacial score (nSPS) is 11.6. The zero-order valence-electron chi connectivity index (χ0n) is 13.0. The molecule has 2 aromatic heterocycles. The quantitative estimate of drug-likeness (QED) is 0.747. The second-order valence-corrected chi connectivity index (χ2v) is 7.15. The predicted molar refractivity (Wildman–Crippen MR) is 89.8 cm³/mol. The number of benzene rings is 1. The van der Waals surface area contributed by atoms with Crippen molar-refractivity contribution in [3.8, 4) is 5.82 Å². The molecule has 1 aromatic carbocycles. The summed E-state index contributed by atoms with van der Waals surface area (Å²) in [7, 11) is -3.78. The highest BCUT2D eigenvalue weighted by atomic mass is 35.5. The summed E-state index contributed by atoms with van der Waals surface area (Å²) in [5, 5.41) is 12.4. The smallest absolute Gasteiger partial charge is 0.262 e. The van der Waals surface area contributed by atoms with Gasteiger partial charge in [-0.1, -0.05) is 11.6 Å². The van der Waals surface area contributed by atoms with Crippen molar-refractivity contribution in [1.29, 1.82) is 0 Å². The molecule has 0 aliphatic heterocycles. The van der Waals surface area contributed by atoms with E-state index >= 15 is 0 Å². The lowest BCUT2D eigenvalue weighted by Gasteiger charge is -2.09. The lowest BCUT2D eigenvalue weighted by Crippen LogP contribution is -2.14. The van der Waals surface area contributed by atoms with Gasteiger partial charge >= 0.3 is 0 Å². The lowest BCUT2D eigenvalue weighted by atomic mass is 10.4. The fraction of sp³-hybridized carbons (Fsp3) is 0.214. The Kier molecular flexibility index (Phi) is 4.29. The SMILES string of the molecule is CCn1nc(-n2cnnc2)c(NS(=O)(=O)c2ccc(Cl)cc2)c1C. The maximum Gasteiger partial charge on any atom is 0.262 e. The zero-order valence-corrected chi connectivity index (χ0v) is 14.6. The van der Waals surface area contributed by atoms with E-state index in [1.807, 2.05) is 6.92 Å². The van der Waals surface area contributed by atoms with E-state index in [9.17, 15) is 8.42 Å². The van der Waals surface area contributed by atoms with Gasteiger partial charge in [-0.3, -0.25) is 14.0 Å². The largest absolute Gasteiger partial charge is 0.274 e. The van der Waals surface area contributed by atoms with Gasteiger partial charge < -0.3 is 0 Å². The molecule has 0 fully saturated rings. The number of aromatic nitrogens is 5. The summed E-state index contributed by atoms with van der Waals surface area (Å²) in [5.41, 5.74) is 1.07. The first-order chi connectivity index (χ1) is 11.4. The first-order valence-corrected chi connectivity index (χ1v) is 8.99. The van der Waals surface area contributed by atoms with Gasteiger partial charge in [0.2, 0.25) is 0 Å². The predicted octanol–water partition coefficient (Wildman–Crippen LogP) is 2.25. The third-order valence-corrected chi connectivity index (χ3v) is 5.13. The number of nitrogens with zero attached hydrogens (tertiary/aromatic N) is 5. The van der Waals surface area contributed by atoms with Crippen molar-refractivity contribution >= 4 is 27.3 Å². The molecular formula is C14H15ClN6O2S. The van der Waals surface area contributed by atoms with Crippen molar-refractivity contribution in [3.05, 3.63) is 47.6 Å². The Morgan fingerprint density at radius 2 is 1.79 bits per heavy atom. The molecule has 0 atom stereocenters. The van der Waals surface area contributed by atoms with Gasteiger partial charge in [-0.05, 0) is 38.1 Å². The van der Waals surface area contributed by atoms with Gasteiger partial charge in [0.1, 0.15) is 18.3 Å². The van der Waals surface area contributed by atoms with E-state index in [0.29, 0.717) is 28.8 Å². The Bertz CT molecular complexity index is 948. The molecule has 0 aliphatic rings. The van der Waals surface area contributed by atoms with Crippen LogP contribution in [0.5, 0.6) is 0 Å². The highest BCUT2D eigenvalue weighted by Crippen LogP contribution is 2.27. The molecule has 0 aliphatic carbocycles. The average molecular weight is 367 g/mol. The molecule has 126 valence electrons. The van der Waals surface area contributed by atoms with Crippen molar-refractivity contribution in [2.75, 3.05) is 4.72 Å². The van der Waals surface area contributed by atoms with E-state index in [-0.39, 0.29) is 4.90 Å². The second kappa shape index (κ2) is 6.25. The first-order valence-electron chi connectivity index (χ1n) is 7.13. The average Bonchev–Trinajstić information content (AvgIpc) is 3.17. The molecule has 0 amide bonds. The molecule has 0 bridgehead atoms. The number of rotatable bonds is 5. The molecule has 2 heterocycles. The van der Waals surface area contributed by atoms with E-state index in [4.69, 9.17) is 11.6 Å². The minimum Gasteiger partial charge on any atom is -0.274 e. The third-order valence-electron chi connectivity index (χ3n) is 3.51. The van der Waals surface area contributed by atoms with Crippen LogP contribution in [0, 0.1) is 6.92 Å². The Morgan fingerprint density at radius 3 is 2.38 bits per heavy atom. The zero-order chi connectivity index (χ0) is 17.3. The summed E-state index contributed by atoms with van der Waals surface area (Å²) < 4.78 is 31.2. The van der Waals surface area contributed by atoms with E-state index in [2.05, 4.69) is 20.0 Å². The molecule has 1 N–H and O–H groups in total. The van der Waals surface area contributed by atoms with Gasteiger partial charge in [-0.2, -0.15) is 5.10 Å². The van der Waals surface area contributed by atoms with Crippen LogP contribution in [0.4, 0.5) is 5.69 Å². The van der Waals surface area contributed by atoms with Gasteiger partial charge in [0.05, 0.1) is 10.6 Å². The molecule has 3 rings (SSSR count). The van der Waals surface area contributed by atoms with Crippen LogP contribution in [0.3, 0.4) is 0 Å². The Labute approximate surface area is 144 Å². The Balaban J connectivity index is 2.06. The van der Waals surface area contributed by atoms with Crippen LogP contribution in [0.2, 0.25) is 5.02 Å². The number of sulfonamides is 1. The fourth-order valence-electron chi connectivity index (χ4n) is 2.26. The van der Waals surface area contributed by atoms with Crippen molar-refractivity contribution in [1.82, 2.24) is 24.5 Å². The number of aryl methyl sites for hydroxylation is 1. The third kappa shape index (κ3) is 3.00. The second-order valence-electron chi connectivity index (χ2n) is 5.03. The van der Waals surface area contributed by atoms with Gasteiger partial charge in [0.15, 0.2) is 5.82 Å². The monoisotopic (exact) mass is 366 g/mol. The molecule has 0 saturated carbocycles. The fourth-order valence-corrected chi connectivity index (χ4v) is 3.50. The van der Waals surface area contributed by atoms with Gasteiger partial charge in [-0.15, -0.1) is 10.2 Å². The van der Waals surface area contributed by atoms with Gasteiger partial charge in [0.25, 0.3) is 10.0 Å². The summed E-state index contributed by atoms with van der Waals surface area (Å²) >= 11 is 5.82. The highest BCUT2D eigenvalue weighted by molar-refractivity contribution is 7.92. The Morgan fingerprint density at radius 1 is 1.17 bits per heavy atom. The molecule has 24 heavy (non-hydrogen) atoms. The molecule has 0 saturated heterocycles. The standard InChI is InChI=1S/C14H15ClN6O2S/c1-3-21-10(2)13(14(18-21)20-8-16-17-9-20)19-24(22,23)12-6-4-11(15)5-7-12/h4-9,19H,3H2,1-2H3. The molecule has 0 unspecified atom stereocenters. The van der Waals surface area contributed by atoms with Crippen LogP contribution in [0.1, 0.15) is 12.6 Å². The van der Waals surface area contributed by atoms with E-state index in [0.717, 1.165) is 0 Å². The molecule has 0 radical (unpaired) electrons. The summed E-state index contributed by atoms with van der Waals surface area (Å²) in [6.07, 6.45) is 2.92. The summed E-state index contributed by atoms with van der Waals surface area (Å²) in [6.45, 7) is 4.32. The van der Waals surface area contributed by atoms with Crippen molar-refractivity contribution < 1.29 is 8.42 Å². The van der Waals surface area contributed by atoms with Crippen LogP contribution in [-0.2, 0) is 16.6 Å². The van der Waals surface area contributed by atoms with Gasteiger partial charge in [0, 0.05) is 11.6 Å². The minimum absolute atomic E-state index is 0.116. The minimum atomic E-state index is -3.78.